The predicted molar refractivity (Wildman–Crippen MR) is 130 cm³/mol. The molecule has 0 spiro atoms. The smallest absolute Gasteiger partial charge is 0.341 e. The van der Waals surface area contributed by atoms with Crippen LogP contribution in [0.3, 0.4) is 0 Å². The van der Waals surface area contributed by atoms with Gasteiger partial charge in [0.05, 0.1) is 19.0 Å². The maximum absolute atomic E-state index is 12.6. The Balaban J connectivity index is 1.82. The molecule has 4 rings (SSSR count). The number of aromatic carboxylic acids is 1. The van der Waals surface area contributed by atoms with Gasteiger partial charge in [0.2, 0.25) is 0 Å². The summed E-state index contributed by atoms with van der Waals surface area (Å²) < 4.78 is 9.32. The summed E-state index contributed by atoms with van der Waals surface area (Å²) in [6, 6.07) is 5.27. The molecule has 0 bridgehead atoms. The molecule has 1 aromatic carbocycles. The Morgan fingerprint density at radius 2 is 1.89 bits per heavy atom. The van der Waals surface area contributed by atoms with E-state index in [9.17, 15) is 19.5 Å². The van der Waals surface area contributed by atoms with E-state index >= 15 is 0 Å². The van der Waals surface area contributed by atoms with Crippen molar-refractivity contribution < 1.29 is 24.5 Å². The van der Waals surface area contributed by atoms with Crippen LogP contribution in [0, 0.1) is 5.41 Å². The van der Waals surface area contributed by atoms with E-state index < -0.39 is 17.4 Å². The molecule has 2 N–H and O–H groups in total. The minimum atomic E-state index is -1.24. The molecule has 3 aromatic rings. The fourth-order valence-corrected chi connectivity index (χ4v) is 4.66. The molecule has 1 aliphatic heterocycles. The lowest BCUT2D eigenvalue weighted by Gasteiger charge is -2.39. The molecular weight excluding hydrogens is 450 g/mol. The third-order valence-electron chi connectivity index (χ3n) is 6.48. The van der Waals surface area contributed by atoms with E-state index in [1.807, 2.05) is 22.9 Å². The number of aromatic nitrogens is 3. The standard InChI is InChI=1S/C26H29N3O6/c1-26(2,3)23-9-15-8-18(16-12-27-28(13-16)7-5-6-24(31)32)22(35-4)10-17(15)20-11-21(30)19(25(33)34)14-29(20)23/h8,10-14,23H,5-7,9H2,1-4H3,(H,31,32)(H,33,34). The van der Waals surface area contributed by atoms with Gasteiger partial charge in [-0.1, -0.05) is 20.8 Å². The number of carbonyl (C=O) groups is 2. The quantitative estimate of drug-likeness (QED) is 0.523. The fourth-order valence-electron chi connectivity index (χ4n) is 4.66. The van der Waals surface area contributed by atoms with Crippen molar-refractivity contribution in [3.05, 3.63) is 58.1 Å². The molecule has 2 aromatic heterocycles. The van der Waals surface area contributed by atoms with Gasteiger partial charge in [0.15, 0.2) is 5.43 Å². The first-order valence-corrected chi connectivity index (χ1v) is 11.4. The molecule has 1 atom stereocenters. The first-order valence-electron chi connectivity index (χ1n) is 11.4. The third-order valence-corrected chi connectivity index (χ3v) is 6.48. The first-order chi connectivity index (χ1) is 16.5. The van der Waals surface area contributed by atoms with Crippen LogP contribution in [-0.2, 0) is 17.8 Å². The van der Waals surface area contributed by atoms with Gasteiger partial charge in [-0.3, -0.25) is 14.3 Å². The van der Waals surface area contributed by atoms with Crippen LogP contribution in [0.4, 0.5) is 0 Å². The number of methoxy groups -OCH3 is 1. The number of ether oxygens (including phenoxy) is 1. The van der Waals surface area contributed by atoms with Gasteiger partial charge in [-0.2, -0.15) is 5.10 Å². The lowest BCUT2D eigenvalue weighted by atomic mass is 9.78. The maximum Gasteiger partial charge on any atom is 0.341 e. The van der Waals surface area contributed by atoms with Gasteiger partial charge in [-0.05, 0) is 36.0 Å². The summed E-state index contributed by atoms with van der Waals surface area (Å²) in [6.07, 6.45) is 6.27. The van der Waals surface area contributed by atoms with Crippen LogP contribution >= 0.6 is 0 Å². The second-order valence-corrected chi connectivity index (χ2v) is 9.93. The zero-order valence-corrected chi connectivity index (χ0v) is 20.2. The molecule has 1 unspecified atom stereocenters. The number of aryl methyl sites for hydroxylation is 1. The van der Waals surface area contributed by atoms with E-state index in [2.05, 4.69) is 25.9 Å². The normalized spacial score (nSPS) is 14.8. The topological polar surface area (TPSA) is 124 Å². The van der Waals surface area contributed by atoms with Crippen molar-refractivity contribution in [3.8, 4) is 28.1 Å². The van der Waals surface area contributed by atoms with Gasteiger partial charge < -0.3 is 19.5 Å². The Morgan fingerprint density at radius 1 is 1.14 bits per heavy atom. The average molecular weight is 480 g/mol. The Bertz CT molecular complexity index is 1360. The number of nitrogens with zero attached hydrogens (tertiary/aromatic N) is 3. The minimum absolute atomic E-state index is 0.0660. The zero-order valence-electron chi connectivity index (χ0n) is 20.2. The highest BCUT2D eigenvalue weighted by molar-refractivity contribution is 5.88. The summed E-state index contributed by atoms with van der Waals surface area (Å²) in [6.45, 7) is 6.78. The number of rotatable bonds is 7. The van der Waals surface area contributed by atoms with Crippen molar-refractivity contribution in [1.29, 1.82) is 0 Å². The second-order valence-electron chi connectivity index (χ2n) is 9.93. The summed E-state index contributed by atoms with van der Waals surface area (Å²) in [7, 11) is 1.57. The number of benzene rings is 1. The van der Waals surface area contributed by atoms with Crippen molar-refractivity contribution in [1.82, 2.24) is 14.3 Å². The van der Waals surface area contributed by atoms with Crippen LogP contribution in [0.5, 0.6) is 5.75 Å². The molecule has 184 valence electrons. The summed E-state index contributed by atoms with van der Waals surface area (Å²) >= 11 is 0. The summed E-state index contributed by atoms with van der Waals surface area (Å²) in [4.78, 5) is 35.0. The van der Waals surface area contributed by atoms with Crippen molar-refractivity contribution in [2.45, 2.75) is 52.6 Å². The Hall–Kier alpha value is -3.88. The zero-order chi connectivity index (χ0) is 25.5. The molecular formula is C26H29N3O6. The molecule has 0 saturated carbocycles. The van der Waals surface area contributed by atoms with Crippen LogP contribution in [0.15, 0.2) is 41.6 Å². The monoisotopic (exact) mass is 479 g/mol. The highest BCUT2D eigenvalue weighted by Gasteiger charge is 2.34. The van der Waals surface area contributed by atoms with E-state index in [0.29, 0.717) is 30.8 Å². The number of hydrogen-bond donors (Lipinski definition) is 2. The number of hydrogen-bond acceptors (Lipinski definition) is 5. The Kier molecular flexibility index (Phi) is 6.27. The van der Waals surface area contributed by atoms with E-state index in [1.165, 1.54) is 12.3 Å². The molecule has 3 heterocycles. The number of aliphatic carboxylic acids is 1. The van der Waals surface area contributed by atoms with Crippen LogP contribution in [-0.4, -0.2) is 43.6 Å². The van der Waals surface area contributed by atoms with Gasteiger partial charge in [-0.25, -0.2) is 4.79 Å². The molecule has 0 saturated heterocycles. The van der Waals surface area contributed by atoms with Crippen LogP contribution < -0.4 is 10.2 Å². The summed E-state index contributed by atoms with van der Waals surface area (Å²) in [5, 5.41) is 22.7. The lowest BCUT2D eigenvalue weighted by molar-refractivity contribution is -0.137. The minimum Gasteiger partial charge on any atom is -0.496 e. The van der Waals surface area contributed by atoms with Crippen molar-refractivity contribution in [2.75, 3.05) is 7.11 Å². The second kappa shape index (κ2) is 9.05. The number of fused-ring (bicyclic) bond motifs is 3. The Labute approximate surface area is 202 Å². The van der Waals surface area contributed by atoms with Crippen LogP contribution in [0.2, 0.25) is 0 Å². The van der Waals surface area contributed by atoms with Gasteiger partial charge in [0.1, 0.15) is 11.3 Å². The number of carboxylic acids is 2. The molecule has 0 fully saturated rings. The van der Waals surface area contributed by atoms with E-state index in [1.54, 1.807) is 18.0 Å². The van der Waals surface area contributed by atoms with Crippen molar-refractivity contribution in [3.63, 3.8) is 0 Å². The number of pyridine rings is 1. The molecule has 0 amide bonds. The van der Waals surface area contributed by atoms with E-state index in [-0.39, 0.29) is 23.4 Å². The van der Waals surface area contributed by atoms with Crippen molar-refractivity contribution in [2.24, 2.45) is 5.41 Å². The van der Waals surface area contributed by atoms with Gasteiger partial charge in [-0.15, -0.1) is 0 Å². The summed E-state index contributed by atoms with van der Waals surface area (Å²) in [5.74, 6) is -1.47. The van der Waals surface area contributed by atoms with Gasteiger partial charge in [0, 0.05) is 54.2 Å². The lowest BCUT2D eigenvalue weighted by Crippen LogP contribution is -2.32. The molecule has 0 aliphatic carbocycles. The van der Waals surface area contributed by atoms with E-state index in [4.69, 9.17) is 9.84 Å². The third kappa shape index (κ3) is 4.71. The molecule has 35 heavy (non-hydrogen) atoms. The largest absolute Gasteiger partial charge is 0.496 e. The molecule has 9 nitrogen and oxygen atoms in total. The molecule has 1 aliphatic rings. The highest BCUT2D eigenvalue weighted by Crippen LogP contribution is 2.45. The van der Waals surface area contributed by atoms with Gasteiger partial charge >= 0.3 is 11.9 Å². The van der Waals surface area contributed by atoms with E-state index in [0.717, 1.165) is 22.3 Å². The van der Waals surface area contributed by atoms with Gasteiger partial charge in [0.25, 0.3) is 0 Å². The van der Waals surface area contributed by atoms with Crippen LogP contribution in [0.1, 0.15) is 55.6 Å². The Morgan fingerprint density at radius 3 is 2.51 bits per heavy atom. The summed E-state index contributed by atoms with van der Waals surface area (Å²) in [5.41, 5.74) is 3.23. The maximum atomic E-state index is 12.6. The number of carboxylic acid groups (broad SMARTS) is 2. The molecule has 9 heteroatoms. The first kappa shape index (κ1) is 24.3. The molecule has 0 radical (unpaired) electrons. The fraction of sp³-hybridized carbons (Fsp3) is 0.385. The van der Waals surface area contributed by atoms with Crippen LogP contribution in [0.25, 0.3) is 22.4 Å². The predicted octanol–water partition coefficient (Wildman–Crippen LogP) is 4.09. The SMILES string of the molecule is COc1cc2c(cc1-c1cnn(CCCC(=O)O)c1)CC(C(C)(C)C)n1cc(C(=O)O)c(=O)cc1-2. The van der Waals surface area contributed by atoms with Crippen molar-refractivity contribution >= 4 is 11.9 Å². The highest BCUT2D eigenvalue weighted by atomic mass is 16.5. The average Bonchev–Trinajstić information content (AvgIpc) is 3.24.